The van der Waals surface area contributed by atoms with Crippen LogP contribution in [0.25, 0.3) is 0 Å². The number of piperidine rings is 1. The molecular formula is C22H36N2O3. The number of carbonyl (C=O) groups is 1. The lowest BCUT2D eigenvalue weighted by Crippen LogP contribution is -2.41. The summed E-state index contributed by atoms with van der Waals surface area (Å²) < 4.78 is 11.6. The molecule has 1 saturated heterocycles. The molecule has 0 aromatic heterocycles. The van der Waals surface area contributed by atoms with Gasteiger partial charge in [0.05, 0.1) is 12.7 Å². The Balaban J connectivity index is 1.61. The van der Waals surface area contributed by atoms with Crippen molar-refractivity contribution in [1.29, 1.82) is 0 Å². The molecule has 1 heterocycles. The third kappa shape index (κ3) is 7.51. The van der Waals surface area contributed by atoms with Crippen molar-refractivity contribution in [3.8, 4) is 5.75 Å². The molecule has 0 spiro atoms. The van der Waals surface area contributed by atoms with Crippen LogP contribution in [0, 0.1) is 0 Å². The van der Waals surface area contributed by atoms with Crippen LogP contribution >= 0.6 is 0 Å². The molecule has 0 aliphatic carbocycles. The molecule has 27 heavy (non-hydrogen) atoms. The van der Waals surface area contributed by atoms with E-state index in [-0.39, 0.29) is 17.4 Å². The van der Waals surface area contributed by atoms with E-state index in [9.17, 15) is 4.79 Å². The molecule has 0 radical (unpaired) electrons. The SMILES string of the molecule is CC(C)(C)c1ccc(OCCCC(=O)N2CCC(OCCCN)CC2)cc1. The Labute approximate surface area is 164 Å². The molecule has 1 aromatic rings. The first-order chi connectivity index (χ1) is 12.9. The van der Waals surface area contributed by atoms with Gasteiger partial charge in [0.1, 0.15) is 5.75 Å². The lowest BCUT2D eigenvalue weighted by atomic mass is 9.87. The highest BCUT2D eigenvalue weighted by molar-refractivity contribution is 5.76. The molecule has 5 heteroatoms. The van der Waals surface area contributed by atoms with Crippen LogP contribution in [0.3, 0.4) is 0 Å². The zero-order chi connectivity index (χ0) is 19.7. The van der Waals surface area contributed by atoms with Crippen molar-refractivity contribution >= 4 is 5.91 Å². The van der Waals surface area contributed by atoms with E-state index < -0.39 is 0 Å². The number of hydrogen-bond acceptors (Lipinski definition) is 4. The molecule has 1 aliphatic heterocycles. The van der Waals surface area contributed by atoms with E-state index in [0.717, 1.165) is 51.1 Å². The van der Waals surface area contributed by atoms with Crippen molar-refractivity contribution in [3.05, 3.63) is 29.8 Å². The predicted octanol–water partition coefficient (Wildman–Crippen LogP) is 3.50. The van der Waals surface area contributed by atoms with Gasteiger partial charge < -0.3 is 20.1 Å². The maximum absolute atomic E-state index is 12.3. The van der Waals surface area contributed by atoms with Crippen LogP contribution in [-0.4, -0.2) is 49.8 Å². The molecule has 1 fully saturated rings. The Bertz CT molecular complexity index is 558. The quantitative estimate of drug-likeness (QED) is 0.670. The first-order valence-corrected chi connectivity index (χ1v) is 10.2. The highest BCUT2D eigenvalue weighted by atomic mass is 16.5. The zero-order valence-electron chi connectivity index (χ0n) is 17.2. The van der Waals surface area contributed by atoms with E-state index in [1.807, 2.05) is 17.0 Å². The molecule has 0 bridgehead atoms. The van der Waals surface area contributed by atoms with Crippen LogP contribution in [0.1, 0.15) is 58.4 Å². The molecule has 0 atom stereocenters. The lowest BCUT2D eigenvalue weighted by molar-refractivity contribution is -0.134. The van der Waals surface area contributed by atoms with Gasteiger partial charge in [-0.1, -0.05) is 32.9 Å². The average molecular weight is 377 g/mol. The number of likely N-dealkylation sites (tertiary alicyclic amines) is 1. The fraction of sp³-hybridized carbons (Fsp3) is 0.682. The summed E-state index contributed by atoms with van der Waals surface area (Å²) in [4.78, 5) is 14.3. The Morgan fingerprint density at radius 2 is 1.78 bits per heavy atom. The fourth-order valence-electron chi connectivity index (χ4n) is 3.23. The van der Waals surface area contributed by atoms with Gasteiger partial charge in [0.15, 0.2) is 0 Å². The zero-order valence-corrected chi connectivity index (χ0v) is 17.2. The fourth-order valence-corrected chi connectivity index (χ4v) is 3.23. The third-order valence-electron chi connectivity index (χ3n) is 5.02. The molecular weight excluding hydrogens is 340 g/mol. The summed E-state index contributed by atoms with van der Waals surface area (Å²) >= 11 is 0. The van der Waals surface area contributed by atoms with E-state index in [0.29, 0.717) is 19.6 Å². The largest absolute Gasteiger partial charge is 0.494 e. The van der Waals surface area contributed by atoms with Crippen molar-refractivity contribution < 1.29 is 14.3 Å². The Kier molecular flexibility index (Phi) is 8.58. The Hall–Kier alpha value is -1.59. The Morgan fingerprint density at radius 3 is 2.37 bits per heavy atom. The van der Waals surface area contributed by atoms with Gasteiger partial charge in [-0.05, 0) is 55.3 Å². The maximum Gasteiger partial charge on any atom is 0.222 e. The first kappa shape index (κ1) is 21.7. The standard InChI is InChI=1S/C22H36N2O3/c1-22(2,3)18-7-9-19(10-8-18)26-16-4-6-21(25)24-14-11-20(12-15-24)27-17-5-13-23/h7-10,20H,4-6,11-17,23H2,1-3H3. The number of nitrogens with zero attached hydrogens (tertiary/aromatic N) is 1. The molecule has 0 unspecified atom stereocenters. The van der Waals surface area contributed by atoms with E-state index in [2.05, 4.69) is 32.9 Å². The third-order valence-corrected chi connectivity index (χ3v) is 5.02. The van der Waals surface area contributed by atoms with Gasteiger partial charge in [0.25, 0.3) is 0 Å². The van der Waals surface area contributed by atoms with E-state index in [4.69, 9.17) is 15.2 Å². The summed E-state index contributed by atoms with van der Waals surface area (Å²) in [7, 11) is 0. The van der Waals surface area contributed by atoms with Crippen LogP contribution in [0.15, 0.2) is 24.3 Å². The van der Waals surface area contributed by atoms with Crippen molar-refractivity contribution in [1.82, 2.24) is 4.90 Å². The van der Waals surface area contributed by atoms with Gasteiger partial charge in [-0.15, -0.1) is 0 Å². The molecule has 152 valence electrons. The number of amides is 1. The van der Waals surface area contributed by atoms with Crippen LogP contribution < -0.4 is 10.5 Å². The van der Waals surface area contributed by atoms with E-state index >= 15 is 0 Å². The van der Waals surface area contributed by atoms with E-state index in [1.54, 1.807) is 0 Å². The number of hydrogen-bond donors (Lipinski definition) is 1. The average Bonchev–Trinajstić information content (AvgIpc) is 2.65. The smallest absolute Gasteiger partial charge is 0.222 e. The second kappa shape index (κ2) is 10.7. The maximum atomic E-state index is 12.3. The van der Waals surface area contributed by atoms with Crippen LogP contribution in [0.2, 0.25) is 0 Å². The summed E-state index contributed by atoms with van der Waals surface area (Å²) in [6, 6.07) is 8.25. The van der Waals surface area contributed by atoms with Crippen LogP contribution in [0.4, 0.5) is 0 Å². The number of nitrogens with two attached hydrogens (primary N) is 1. The Morgan fingerprint density at radius 1 is 1.11 bits per heavy atom. The second-order valence-electron chi connectivity index (χ2n) is 8.32. The highest BCUT2D eigenvalue weighted by Crippen LogP contribution is 2.24. The second-order valence-corrected chi connectivity index (χ2v) is 8.32. The lowest BCUT2D eigenvalue weighted by Gasteiger charge is -2.32. The molecule has 1 aliphatic rings. The van der Waals surface area contributed by atoms with Crippen molar-refractivity contribution in [3.63, 3.8) is 0 Å². The number of carbonyl (C=O) groups excluding carboxylic acids is 1. The first-order valence-electron chi connectivity index (χ1n) is 10.2. The number of ether oxygens (including phenoxy) is 2. The normalized spacial score (nSPS) is 15.8. The number of rotatable bonds is 9. The molecule has 5 nitrogen and oxygen atoms in total. The minimum Gasteiger partial charge on any atom is -0.494 e. The summed E-state index contributed by atoms with van der Waals surface area (Å²) in [5.41, 5.74) is 6.92. The van der Waals surface area contributed by atoms with E-state index in [1.165, 1.54) is 5.56 Å². The monoisotopic (exact) mass is 376 g/mol. The predicted molar refractivity (Wildman–Crippen MR) is 109 cm³/mol. The van der Waals surface area contributed by atoms with Crippen molar-refractivity contribution in [2.24, 2.45) is 5.73 Å². The van der Waals surface area contributed by atoms with Gasteiger partial charge in [-0.3, -0.25) is 4.79 Å². The highest BCUT2D eigenvalue weighted by Gasteiger charge is 2.22. The topological polar surface area (TPSA) is 64.8 Å². The minimum atomic E-state index is 0.147. The summed E-state index contributed by atoms with van der Waals surface area (Å²) in [5, 5.41) is 0. The summed E-state index contributed by atoms with van der Waals surface area (Å²) in [6.07, 6.45) is 4.31. The van der Waals surface area contributed by atoms with Gasteiger partial charge in [0, 0.05) is 26.1 Å². The van der Waals surface area contributed by atoms with Crippen molar-refractivity contribution in [2.75, 3.05) is 32.8 Å². The van der Waals surface area contributed by atoms with Gasteiger partial charge in [0.2, 0.25) is 5.91 Å². The molecule has 0 saturated carbocycles. The minimum absolute atomic E-state index is 0.147. The molecule has 2 rings (SSSR count). The summed E-state index contributed by atoms with van der Waals surface area (Å²) in [6.45, 7) is 10.1. The number of benzene rings is 1. The van der Waals surface area contributed by atoms with Gasteiger partial charge >= 0.3 is 0 Å². The van der Waals surface area contributed by atoms with Gasteiger partial charge in [-0.2, -0.15) is 0 Å². The van der Waals surface area contributed by atoms with Crippen molar-refractivity contribution in [2.45, 2.75) is 64.4 Å². The molecule has 1 amide bonds. The summed E-state index contributed by atoms with van der Waals surface area (Å²) in [5.74, 6) is 1.09. The molecule has 1 aromatic carbocycles. The van der Waals surface area contributed by atoms with Crippen LogP contribution in [-0.2, 0) is 14.9 Å². The van der Waals surface area contributed by atoms with Gasteiger partial charge in [-0.25, -0.2) is 0 Å². The molecule has 2 N–H and O–H groups in total. The van der Waals surface area contributed by atoms with Crippen LogP contribution in [0.5, 0.6) is 5.75 Å².